The number of rotatable bonds is 4. The van der Waals surface area contributed by atoms with Gasteiger partial charge in [-0.1, -0.05) is 6.07 Å². The van der Waals surface area contributed by atoms with E-state index in [0.717, 1.165) is 17.3 Å². The number of carbonyl (C=O) groups excluding carboxylic acids is 1. The van der Waals surface area contributed by atoms with Crippen LogP contribution < -0.4 is 10.6 Å². The second-order valence-electron chi connectivity index (χ2n) is 6.45. The van der Waals surface area contributed by atoms with Crippen molar-refractivity contribution in [2.45, 2.75) is 36.1 Å². The van der Waals surface area contributed by atoms with Crippen LogP contribution in [0, 0.1) is 0 Å². The molecule has 0 unspecified atom stereocenters. The van der Waals surface area contributed by atoms with Crippen LogP contribution in [-0.2, 0) is 10.0 Å². The Balaban J connectivity index is 1.74. The van der Waals surface area contributed by atoms with Crippen molar-refractivity contribution in [2.75, 3.05) is 26.2 Å². The highest BCUT2D eigenvalue weighted by molar-refractivity contribution is 7.89. The van der Waals surface area contributed by atoms with Gasteiger partial charge < -0.3 is 10.6 Å². The Bertz CT molecular complexity index is 739. The van der Waals surface area contributed by atoms with Crippen molar-refractivity contribution in [1.82, 2.24) is 14.9 Å². The number of halogens is 2. The van der Waals surface area contributed by atoms with E-state index in [2.05, 4.69) is 10.6 Å². The van der Waals surface area contributed by atoms with Crippen LogP contribution in [0.2, 0.25) is 0 Å². The van der Waals surface area contributed by atoms with Crippen LogP contribution in [0.5, 0.6) is 0 Å². The molecule has 1 aromatic rings. The topological polar surface area (TPSA) is 78.5 Å². The molecular weight excluding hydrogens is 352 g/mol. The first-order chi connectivity index (χ1) is 11.8. The summed E-state index contributed by atoms with van der Waals surface area (Å²) >= 11 is 0. The zero-order chi connectivity index (χ0) is 18.1. The molecule has 2 fully saturated rings. The minimum absolute atomic E-state index is 0.0251. The fourth-order valence-corrected chi connectivity index (χ4v) is 4.54. The molecule has 2 N–H and O–H groups in total. The van der Waals surface area contributed by atoms with Gasteiger partial charge in [0.1, 0.15) is 0 Å². The van der Waals surface area contributed by atoms with Gasteiger partial charge in [0.15, 0.2) is 0 Å². The highest BCUT2D eigenvalue weighted by Gasteiger charge is 2.38. The first-order valence-electron chi connectivity index (χ1n) is 8.28. The molecule has 1 amide bonds. The summed E-state index contributed by atoms with van der Waals surface area (Å²) in [6.07, 6.45) is -0.145. The molecule has 0 saturated carbocycles. The number of nitrogens with zero attached hydrogens (tertiary/aromatic N) is 1. The summed E-state index contributed by atoms with van der Waals surface area (Å²) in [4.78, 5) is 12.2. The summed E-state index contributed by atoms with van der Waals surface area (Å²) < 4.78 is 52.9. The Labute approximate surface area is 145 Å². The van der Waals surface area contributed by atoms with E-state index < -0.39 is 28.8 Å². The number of benzene rings is 1. The molecule has 2 aliphatic heterocycles. The van der Waals surface area contributed by atoms with Crippen molar-refractivity contribution in [1.29, 1.82) is 0 Å². The van der Waals surface area contributed by atoms with Crippen molar-refractivity contribution in [3.05, 3.63) is 29.8 Å². The van der Waals surface area contributed by atoms with Crippen LogP contribution in [0.3, 0.4) is 0 Å². The molecule has 2 heterocycles. The second-order valence-corrected chi connectivity index (χ2v) is 8.39. The molecule has 2 saturated heterocycles. The van der Waals surface area contributed by atoms with Gasteiger partial charge in [-0.25, -0.2) is 17.2 Å². The van der Waals surface area contributed by atoms with Gasteiger partial charge in [0.2, 0.25) is 10.0 Å². The van der Waals surface area contributed by atoms with E-state index in [9.17, 15) is 22.0 Å². The van der Waals surface area contributed by atoms with Crippen molar-refractivity contribution in [3.63, 3.8) is 0 Å². The molecule has 3 rings (SSSR count). The summed E-state index contributed by atoms with van der Waals surface area (Å²) in [5.41, 5.74) is 0.246. The third kappa shape index (κ3) is 4.16. The smallest absolute Gasteiger partial charge is 0.251 e. The van der Waals surface area contributed by atoms with Gasteiger partial charge >= 0.3 is 0 Å². The molecule has 0 spiro atoms. The molecule has 25 heavy (non-hydrogen) atoms. The van der Waals surface area contributed by atoms with Crippen molar-refractivity contribution in [3.8, 4) is 0 Å². The van der Waals surface area contributed by atoms with Crippen LogP contribution in [0.15, 0.2) is 29.2 Å². The van der Waals surface area contributed by atoms with E-state index in [1.54, 1.807) is 6.07 Å². The standard InChI is InChI=1S/C16H21F2N3O3S/c17-16(18)5-8-21(9-6-16)25(23,24)14-3-1-2-12(10-14)15(22)20-13-4-7-19-11-13/h1-3,10,13,19H,4-9,11H2,(H,20,22)/t13-/m0/s1. The Kier molecular flexibility index (Phi) is 5.08. The number of alkyl halides is 2. The molecule has 0 radical (unpaired) electrons. The summed E-state index contributed by atoms with van der Waals surface area (Å²) in [7, 11) is -3.89. The zero-order valence-corrected chi connectivity index (χ0v) is 14.5. The second kappa shape index (κ2) is 6.97. The monoisotopic (exact) mass is 373 g/mol. The quantitative estimate of drug-likeness (QED) is 0.831. The first kappa shape index (κ1) is 18.2. The maximum absolute atomic E-state index is 13.3. The lowest BCUT2D eigenvalue weighted by atomic mass is 10.1. The number of hydrogen-bond acceptors (Lipinski definition) is 4. The predicted molar refractivity (Wildman–Crippen MR) is 88.1 cm³/mol. The van der Waals surface area contributed by atoms with Crippen LogP contribution in [0.25, 0.3) is 0 Å². The van der Waals surface area contributed by atoms with Gasteiger partial charge in [-0.3, -0.25) is 4.79 Å². The fourth-order valence-electron chi connectivity index (χ4n) is 3.05. The maximum Gasteiger partial charge on any atom is 0.251 e. The fraction of sp³-hybridized carbons (Fsp3) is 0.562. The number of piperidine rings is 1. The van der Waals surface area contributed by atoms with Crippen molar-refractivity contribution in [2.24, 2.45) is 0 Å². The maximum atomic E-state index is 13.3. The normalized spacial score (nSPS) is 24.2. The van der Waals surface area contributed by atoms with Crippen molar-refractivity contribution >= 4 is 15.9 Å². The van der Waals surface area contributed by atoms with Crippen LogP contribution in [-0.4, -0.2) is 56.8 Å². The number of amides is 1. The Hall–Kier alpha value is -1.58. The number of hydrogen-bond donors (Lipinski definition) is 2. The molecule has 0 aliphatic carbocycles. The zero-order valence-electron chi connectivity index (χ0n) is 13.7. The minimum Gasteiger partial charge on any atom is -0.348 e. The predicted octanol–water partition coefficient (Wildman–Crippen LogP) is 1.20. The molecule has 2 aliphatic rings. The van der Waals surface area contributed by atoms with Gasteiger partial charge in [-0.15, -0.1) is 0 Å². The third-order valence-electron chi connectivity index (χ3n) is 4.58. The van der Waals surface area contributed by atoms with E-state index in [4.69, 9.17) is 0 Å². The SMILES string of the molecule is O=C(N[C@H]1CCNC1)c1cccc(S(=O)(=O)N2CCC(F)(F)CC2)c1. The van der Waals surface area contributed by atoms with Crippen LogP contribution >= 0.6 is 0 Å². The molecule has 138 valence electrons. The molecular formula is C16H21F2N3O3S. The van der Waals surface area contributed by atoms with E-state index in [0.29, 0.717) is 6.54 Å². The van der Waals surface area contributed by atoms with Gasteiger partial charge in [-0.2, -0.15) is 4.31 Å². The molecule has 0 aromatic heterocycles. The highest BCUT2D eigenvalue weighted by Crippen LogP contribution is 2.30. The summed E-state index contributed by atoms with van der Waals surface area (Å²) in [6, 6.07) is 5.75. The number of sulfonamides is 1. The van der Waals surface area contributed by atoms with Crippen molar-refractivity contribution < 1.29 is 22.0 Å². The lowest BCUT2D eigenvalue weighted by Gasteiger charge is -2.30. The van der Waals surface area contributed by atoms with E-state index in [1.807, 2.05) is 0 Å². The minimum atomic E-state index is -3.89. The molecule has 1 atom stereocenters. The third-order valence-corrected chi connectivity index (χ3v) is 6.48. The molecule has 0 bridgehead atoms. The summed E-state index contributed by atoms with van der Waals surface area (Å²) in [5.74, 6) is -3.15. The Morgan fingerprint density at radius 2 is 2.00 bits per heavy atom. The lowest BCUT2D eigenvalue weighted by molar-refractivity contribution is -0.0412. The Morgan fingerprint density at radius 1 is 1.28 bits per heavy atom. The van der Waals surface area contributed by atoms with E-state index in [-0.39, 0.29) is 35.5 Å². The largest absolute Gasteiger partial charge is 0.348 e. The first-order valence-corrected chi connectivity index (χ1v) is 9.72. The average Bonchev–Trinajstić information content (AvgIpc) is 3.07. The Morgan fingerprint density at radius 3 is 2.64 bits per heavy atom. The highest BCUT2D eigenvalue weighted by atomic mass is 32.2. The molecule has 6 nitrogen and oxygen atoms in total. The summed E-state index contributed by atoms with van der Waals surface area (Å²) in [5, 5.41) is 5.99. The summed E-state index contributed by atoms with van der Waals surface area (Å²) in [6.45, 7) is 1.07. The number of nitrogens with one attached hydrogen (secondary N) is 2. The van der Waals surface area contributed by atoms with Gasteiger partial charge in [-0.05, 0) is 31.2 Å². The number of carbonyl (C=O) groups is 1. The van der Waals surface area contributed by atoms with E-state index in [1.165, 1.54) is 18.2 Å². The van der Waals surface area contributed by atoms with E-state index >= 15 is 0 Å². The molecule has 9 heteroatoms. The van der Waals surface area contributed by atoms with Crippen LogP contribution in [0.4, 0.5) is 8.78 Å². The average molecular weight is 373 g/mol. The van der Waals surface area contributed by atoms with Gasteiger partial charge in [0.25, 0.3) is 11.8 Å². The molecule has 1 aromatic carbocycles. The van der Waals surface area contributed by atoms with Gasteiger partial charge in [0, 0.05) is 44.1 Å². The van der Waals surface area contributed by atoms with Crippen LogP contribution in [0.1, 0.15) is 29.6 Å². The van der Waals surface area contributed by atoms with Gasteiger partial charge in [0.05, 0.1) is 4.90 Å². The lowest BCUT2D eigenvalue weighted by Crippen LogP contribution is -2.42.